The highest BCUT2D eigenvalue weighted by Gasteiger charge is 2.44. The maximum Gasteiger partial charge on any atom is 0.310 e. The molecule has 0 radical (unpaired) electrons. The summed E-state index contributed by atoms with van der Waals surface area (Å²) >= 11 is 1.41. The first-order valence-electron chi connectivity index (χ1n) is 14.5. The first kappa shape index (κ1) is 29.5. The van der Waals surface area contributed by atoms with E-state index < -0.39 is 5.54 Å². The van der Waals surface area contributed by atoms with E-state index in [4.69, 9.17) is 4.74 Å². The summed E-state index contributed by atoms with van der Waals surface area (Å²) in [7, 11) is 0. The van der Waals surface area contributed by atoms with Gasteiger partial charge in [0.25, 0.3) is 0 Å². The minimum absolute atomic E-state index is 0.0911. The summed E-state index contributed by atoms with van der Waals surface area (Å²) < 4.78 is 6.93. The molecule has 2 heterocycles. The molecule has 0 N–H and O–H groups in total. The Morgan fingerprint density at radius 1 is 0.952 bits per heavy atom. The summed E-state index contributed by atoms with van der Waals surface area (Å²) in [6.07, 6.45) is 6.87. The van der Waals surface area contributed by atoms with E-state index in [2.05, 4.69) is 107 Å². The molecule has 1 aliphatic heterocycles. The van der Waals surface area contributed by atoms with E-state index in [9.17, 15) is 9.59 Å². The number of ether oxygens (including phenoxy) is 1. The number of allylic oxidation sites excluding steroid dienone is 1. The largest absolute Gasteiger partial charge is 0.466 e. The normalized spacial score (nSPS) is 16.8. The number of aromatic nitrogens is 2. The van der Waals surface area contributed by atoms with Crippen molar-refractivity contribution >= 4 is 22.8 Å². The zero-order valence-corrected chi connectivity index (χ0v) is 25.0. The van der Waals surface area contributed by atoms with E-state index in [1.165, 1.54) is 34.0 Å². The fraction of sp³-hybridized carbons (Fsp3) is 0.286. The van der Waals surface area contributed by atoms with Gasteiger partial charge in [0.1, 0.15) is 0 Å². The average molecular weight is 580 g/mol. The highest BCUT2D eigenvalue weighted by atomic mass is 32.2. The minimum Gasteiger partial charge on any atom is -0.466 e. The third-order valence-corrected chi connectivity index (χ3v) is 8.84. The van der Waals surface area contributed by atoms with Gasteiger partial charge < -0.3 is 4.74 Å². The molecule has 0 saturated carbocycles. The predicted octanol–water partition coefficient (Wildman–Crippen LogP) is 6.26. The van der Waals surface area contributed by atoms with Gasteiger partial charge in [-0.05, 0) is 35.6 Å². The lowest BCUT2D eigenvalue weighted by Gasteiger charge is -2.49. The molecule has 0 spiro atoms. The van der Waals surface area contributed by atoms with Crippen LogP contribution < -0.4 is 0 Å². The van der Waals surface area contributed by atoms with Crippen LogP contribution in [0.3, 0.4) is 0 Å². The third kappa shape index (κ3) is 6.58. The van der Waals surface area contributed by atoms with Crippen molar-refractivity contribution in [2.45, 2.75) is 44.0 Å². The van der Waals surface area contributed by atoms with Gasteiger partial charge in [-0.3, -0.25) is 19.2 Å². The summed E-state index contributed by atoms with van der Waals surface area (Å²) in [6.45, 7) is 5.88. The van der Waals surface area contributed by atoms with Crippen LogP contribution in [0.2, 0.25) is 0 Å². The van der Waals surface area contributed by atoms with Crippen molar-refractivity contribution < 1.29 is 14.3 Å². The van der Waals surface area contributed by atoms with Crippen molar-refractivity contribution in [1.29, 1.82) is 0 Å². The van der Waals surface area contributed by atoms with Crippen LogP contribution in [0, 0.1) is 0 Å². The number of thioether (sulfide) groups is 1. The molecule has 6 nitrogen and oxygen atoms in total. The molecular formula is C35H37N3O3S. The number of likely N-dealkylation sites (tertiary alicyclic amines) is 1. The highest BCUT2D eigenvalue weighted by molar-refractivity contribution is 8.14. The molecule has 1 aliphatic rings. The Bertz CT molecular complexity index is 1410. The number of hydrogen-bond acceptors (Lipinski definition) is 6. The number of hydrogen-bond donors (Lipinski definition) is 0. The zero-order valence-electron chi connectivity index (χ0n) is 24.2. The van der Waals surface area contributed by atoms with Gasteiger partial charge in [0.05, 0.1) is 31.3 Å². The first-order valence-corrected chi connectivity index (χ1v) is 15.3. The van der Waals surface area contributed by atoms with Crippen LogP contribution in [-0.2, 0) is 32.8 Å². The molecule has 1 fully saturated rings. The van der Waals surface area contributed by atoms with Gasteiger partial charge in [0.15, 0.2) is 5.12 Å². The van der Waals surface area contributed by atoms with Crippen LogP contribution in [0.5, 0.6) is 0 Å². The van der Waals surface area contributed by atoms with Crippen molar-refractivity contribution in [2.75, 3.05) is 19.7 Å². The first-order chi connectivity index (χ1) is 20.5. The topological polar surface area (TPSA) is 64.4 Å². The van der Waals surface area contributed by atoms with Crippen LogP contribution in [0.1, 0.15) is 42.5 Å². The molecule has 1 saturated heterocycles. The van der Waals surface area contributed by atoms with E-state index in [0.29, 0.717) is 19.7 Å². The molecule has 216 valence electrons. The Hall–Kier alpha value is -3.94. The number of benzene rings is 3. The Kier molecular flexibility index (Phi) is 9.72. The van der Waals surface area contributed by atoms with Crippen LogP contribution in [-0.4, -0.2) is 50.7 Å². The lowest BCUT2D eigenvalue weighted by molar-refractivity contribution is -0.142. The van der Waals surface area contributed by atoms with Gasteiger partial charge in [0.2, 0.25) is 0 Å². The minimum atomic E-state index is -0.521. The van der Waals surface area contributed by atoms with Crippen LogP contribution >= 0.6 is 11.8 Å². The molecular weight excluding hydrogens is 542 g/mol. The lowest BCUT2D eigenvalue weighted by atomic mass is 9.74. The van der Waals surface area contributed by atoms with Crippen molar-refractivity contribution in [3.63, 3.8) is 0 Å². The molecule has 3 aromatic carbocycles. The van der Waals surface area contributed by atoms with Gasteiger partial charge >= 0.3 is 5.97 Å². The Morgan fingerprint density at radius 2 is 1.52 bits per heavy atom. The second-order valence-electron chi connectivity index (χ2n) is 10.4. The molecule has 1 atom stereocenters. The molecule has 4 aromatic rings. The maximum absolute atomic E-state index is 12.3. The Labute approximate surface area is 252 Å². The average Bonchev–Trinajstić information content (AvgIpc) is 3.46. The van der Waals surface area contributed by atoms with E-state index in [0.717, 1.165) is 18.5 Å². The summed E-state index contributed by atoms with van der Waals surface area (Å²) in [6, 6.07) is 32.1. The lowest BCUT2D eigenvalue weighted by Crippen LogP contribution is -2.52. The fourth-order valence-electron chi connectivity index (χ4n) is 5.95. The highest BCUT2D eigenvalue weighted by Crippen LogP contribution is 2.45. The fourth-order valence-corrected chi connectivity index (χ4v) is 6.90. The van der Waals surface area contributed by atoms with Crippen LogP contribution in [0.4, 0.5) is 0 Å². The van der Waals surface area contributed by atoms with Crippen molar-refractivity contribution in [2.24, 2.45) is 0 Å². The molecule has 7 heteroatoms. The molecule has 0 amide bonds. The quantitative estimate of drug-likeness (QED) is 0.126. The predicted molar refractivity (Wildman–Crippen MR) is 168 cm³/mol. The van der Waals surface area contributed by atoms with Gasteiger partial charge in [-0.15, -0.1) is 0 Å². The third-order valence-electron chi connectivity index (χ3n) is 7.69. The SMILES string of the molecule is CCOC(=O)Cc1cnn(CC=C2CN(C(c3ccccc3)(c3ccccc3)c3ccccc3)CCC2SC(C)=O)c1. The number of esters is 1. The van der Waals surface area contributed by atoms with Gasteiger partial charge in [0, 0.05) is 37.0 Å². The summed E-state index contributed by atoms with van der Waals surface area (Å²) in [5, 5.41) is 4.70. The standard InChI is InChI=1S/C35H37N3O3S/c1-3-41-34(40)23-28-24-36-38(25-28)22-19-29-26-37(21-20-33(29)42-27(2)39)35(30-13-7-4-8-14-30,31-15-9-5-10-16-31)32-17-11-6-12-18-32/h4-19,24-25,33H,3,20-23,26H2,1-2H3. The molecule has 42 heavy (non-hydrogen) atoms. The summed E-state index contributed by atoms with van der Waals surface area (Å²) in [5.41, 5.74) is 5.12. The number of carbonyl (C=O) groups excluding carboxylic acids is 2. The second kappa shape index (κ2) is 13.8. The molecule has 5 rings (SSSR count). The van der Waals surface area contributed by atoms with Gasteiger partial charge in [-0.2, -0.15) is 5.10 Å². The van der Waals surface area contributed by atoms with E-state index in [1.807, 2.05) is 10.9 Å². The Morgan fingerprint density at radius 3 is 2.05 bits per heavy atom. The molecule has 0 bridgehead atoms. The molecule has 0 aliphatic carbocycles. The second-order valence-corrected chi connectivity index (χ2v) is 11.8. The molecule has 1 unspecified atom stereocenters. The van der Waals surface area contributed by atoms with E-state index >= 15 is 0 Å². The maximum atomic E-state index is 12.3. The summed E-state index contributed by atoms with van der Waals surface area (Å²) in [5.74, 6) is -0.254. The van der Waals surface area contributed by atoms with Gasteiger partial charge in [-0.25, -0.2) is 0 Å². The zero-order chi connectivity index (χ0) is 29.4. The summed E-state index contributed by atoms with van der Waals surface area (Å²) in [4.78, 5) is 26.8. The van der Waals surface area contributed by atoms with Crippen LogP contribution in [0.15, 0.2) is 115 Å². The van der Waals surface area contributed by atoms with E-state index in [1.54, 1.807) is 20.0 Å². The number of nitrogens with zero attached hydrogens (tertiary/aromatic N) is 3. The Balaban J connectivity index is 1.54. The smallest absolute Gasteiger partial charge is 0.310 e. The van der Waals surface area contributed by atoms with Crippen LogP contribution in [0.25, 0.3) is 0 Å². The van der Waals surface area contributed by atoms with Crippen molar-refractivity contribution in [1.82, 2.24) is 14.7 Å². The number of carbonyl (C=O) groups is 2. The monoisotopic (exact) mass is 579 g/mol. The van der Waals surface area contributed by atoms with Crippen molar-refractivity contribution in [3.05, 3.63) is 137 Å². The van der Waals surface area contributed by atoms with Crippen molar-refractivity contribution in [3.8, 4) is 0 Å². The number of rotatable bonds is 10. The van der Waals surface area contributed by atoms with E-state index in [-0.39, 0.29) is 22.8 Å². The number of piperidine rings is 1. The molecule has 1 aromatic heterocycles. The van der Waals surface area contributed by atoms with Gasteiger partial charge in [-0.1, -0.05) is 109 Å².